The minimum absolute atomic E-state index is 0.0911. The number of piperidine rings is 1. The summed E-state index contributed by atoms with van der Waals surface area (Å²) in [5.41, 5.74) is 6.06. The molecule has 1 fully saturated rings. The molecule has 0 spiro atoms. The number of hydrogen-bond acceptors (Lipinski definition) is 4. The van der Waals surface area contributed by atoms with Gasteiger partial charge in [0, 0.05) is 25.9 Å². The molecular weight excluding hydrogens is 268 g/mol. The van der Waals surface area contributed by atoms with Crippen LogP contribution in [-0.4, -0.2) is 35.8 Å². The maximum absolute atomic E-state index is 12.0. The van der Waals surface area contributed by atoms with Crippen LogP contribution in [0.4, 0.5) is 10.5 Å². The lowest BCUT2D eigenvalue weighted by molar-refractivity contribution is 0.0127. The van der Waals surface area contributed by atoms with Crippen molar-refractivity contribution in [3.05, 3.63) is 24.3 Å². The summed E-state index contributed by atoms with van der Waals surface area (Å²) in [6.45, 7) is 6.91. The van der Waals surface area contributed by atoms with E-state index in [-0.39, 0.29) is 12.2 Å². The molecule has 1 aliphatic heterocycles. The normalized spacial score (nSPS) is 16.6. The van der Waals surface area contributed by atoms with Gasteiger partial charge in [-0.05, 0) is 32.9 Å². The molecule has 116 valence electrons. The first-order valence-electron chi connectivity index (χ1n) is 7.34. The minimum Gasteiger partial charge on any atom is -0.488 e. The predicted octanol–water partition coefficient (Wildman–Crippen LogP) is 3.05. The SMILES string of the molecule is CC(C)(C)OC(=O)N1CCC(Oc2ccccc2N)CC1. The average molecular weight is 292 g/mol. The summed E-state index contributed by atoms with van der Waals surface area (Å²) in [6, 6.07) is 7.48. The van der Waals surface area contributed by atoms with Crippen molar-refractivity contribution in [2.45, 2.75) is 45.3 Å². The largest absolute Gasteiger partial charge is 0.488 e. The Kier molecular flexibility index (Phi) is 4.60. The van der Waals surface area contributed by atoms with Crippen LogP contribution in [0, 0.1) is 0 Å². The topological polar surface area (TPSA) is 64.8 Å². The Bertz CT molecular complexity index is 489. The highest BCUT2D eigenvalue weighted by Crippen LogP contribution is 2.25. The summed E-state index contributed by atoms with van der Waals surface area (Å²) < 4.78 is 11.3. The molecule has 1 aliphatic rings. The van der Waals surface area contributed by atoms with E-state index in [9.17, 15) is 4.79 Å². The quantitative estimate of drug-likeness (QED) is 0.851. The molecule has 21 heavy (non-hydrogen) atoms. The van der Waals surface area contributed by atoms with Crippen molar-refractivity contribution in [2.24, 2.45) is 0 Å². The third kappa shape index (κ3) is 4.55. The van der Waals surface area contributed by atoms with Gasteiger partial charge < -0.3 is 20.1 Å². The Balaban J connectivity index is 1.83. The van der Waals surface area contributed by atoms with Gasteiger partial charge in [0.25, 0.3) is 0 Å². The molecule has 0 unspecified atom stereocenters. The molecule has 5 heteroatoms. The van der Waals surface area contributed by atoms with Crippen LogP contribution in [0.2, 0.25) is 0 Å². The molecule has 1 aromatic carbocycles. The first-order chi connectivity index (χ1) is 9.85. The fraction of sp³-hybridized carbons (Fsp3) is 0.562. The zero-order chi connectivity index (χ0) is 15.5. The van der Waals surface area contributed by atoms with Crippen LogP contribution in [0.3, 0.4) is 0 Å². The average Bonchev–Trinajstić information content (AvgIpc) is 2.40. The number of nitrogen functional groups attached to an aromatic ring is 1. The van der Waals surface area contributed by atoms with Crippen LogP contribution in [-0.2, 0) is 4.74 Å². The van der Waals surface area contributed by atoms with Crippen molar-refractivity contribution >= 4 is 11.8 Å². The number of anilines is 1. The van der Waals surface area contributed by atoms with Crippen LogP contribution >= 0.6 is 0 Å². The molecular formula is C16H24N2O3. The molecule has 0 saturated carbocycles. The fourth-order valence-corrected chi connectivity index (χ4v) is 2.25. The highest BCUT2D eigenvalue weighted by Gasteiger charge is 2.27. The molecule has 0 bridgehead atoms. The van der Waals surface area contributed by atoms with Crippen molar-refractivity contribution in [1.82, 2.24) is 4.90 Å². The second-order valence-corrected chi connectivity index (χ2v) is 6.32. The Morgan fingerprint density at radius 1 is 1.24 bits per heavy atom. The lowest BCUT2D eigenvalue weighted by atomic mass is 10.1. The Labute approximate surface area is 126 Å². The number of carbonyl (C=O) groups excluding carboxylic acids is 1. The van der Waals surface area contributed by atoms with E-state index in [0.29, 0.717) is 24.5 Å². The third-order valence-electron chi connectivity index (χ3n) is 3.31. The lowest BCUT2D eigenvalue weighted by Crippen LogP contribution is -2.44. The van der Waals surface area contributed by atoms with E-state index in [2.05, 4.69) is 0 Å². The first kappa shape index (κ1) is 15.5. The maximum atomic E-state index is 12.0. The molecule has 1 amide bonds. The van der Waals surface area contributed by atoms with E-state index in [1.807, 2.05) is 45.0 Å². The molecule has 2 rings (SSSR count). The van der Waals surface area contributed by atoms with Gasteiger partial charge in [0.1, 0.15) is 17.5 Å². The third-order valence-corrected chi connectivity index (χ3v) is 3.31. The van der Waals surface area contributed by atoms with Crippen molar-refractivity contribution in [2.75, 3.05) is 18.8 Å². The Morgan fingerprint density at radius 2 is 1.86 bits per heavy atom. The van der Waals surface area contributed by atoms with Gasteiger partial charge in [0.05, 0.1) is 5.69 Å². The highest BCUT2D eigenvalue weighted by molar-refractivity contribution is 5.68. The highest BCUT2D eigenvalue weighted by atomic mass is 16.6. The van der Waals surface area contributed by atoms with E-state index in [1.54, 1.807) is 4.90 Å². The lowest BCUT2D eigenvalue weighted by Gasteiger charge is -2.33. The van der Waals surface area contributed by atoms with E-state index in [0.717, 1.165) is 12.8 Å². The fourth-order valence-electron chi connectivity index (χ4n) is 2.25. The van der Waals surface area contributed by atoms with E-state index >= 15 is 0 Å². The summed E-state index contributed by atoms with van der Waals surface area (Å²) in [4.78, 5) is 13.7. The number of ether oxygens (including phenoxy) is 2. The van der Waals surface area contributed by atoms with E-state index < -0.39 is 5.60 Å². The molecule has 2 N–H and O–H groups in total. The molecule has 0 aliphatic carbocycles. The number of benzene rings is 1. The number of carbonyl (C=O) groups is 1. The van der Waals surface area contributed by atoms with Gasteiger partial charge >= 0.3 is 6.09 Å². The molecule has 1 saturated heterocycles. The Morgan fingerprint density at radius 3 is 2.43 bits per heavy atom. The molecule has 0 radical (unpaired) electrons. The van der Waals surface area contributed by atoms with Gasteiger partial charge in [-0.25, -0.2) is 4.79 Å². The first-order valence-corrected chi connectivity index (χ1v) is 7.34. The smallest absolute Gasteiger partial charge is 0.410 e. The molecule has 5 nitrogen and oxygen atoms in total. The van der Waals surface area contributed by atoms with Crippen LogP contribution in [0.1, 0.15) is 33.6 Å². The van der Waals surface area contributed by atoms with E-state index in [4.69, 9.17) is 15.2 Å². The summed E-state index contributed by atoms with van der Waals surface area (Å²) >= 11 is 0. The molecule has 1 aromatic rings. The standard InChI is InChI=1S/C16H24N2O3/c1-16(2,3)21-15(19)18-10-8-12(9-11-18)20-14-7-5-4-6-13(14)17/h4-7,12H,8-11,17H2,1-3H3. The molecule has 1 heterocycles. The van der Waals surface area contributed by atoms with Gasteiger partial charge in [-0.3, -0.25) is 0 Å². The van der Waals surface area contributed by atoms with Crippen molar-refractivity contribution in [3.8, 4) is 5.75 Å². The predicted molar refractivity (Wildman–Crippen MR) is 82.3 cm³/mol. The van der Waals surface area contributed by atoms with Gasteiger partial charge in [-0.1, -0.05) is 12.1 Å². The zero-order valence-corrected chi connectivity index (χ0v) is 13.0. The Hall–Kier alpha value is -1.91. The van der Waals surface area contributed by atoms with Gasteiger partial charge in [-0.2, -0.15) is 0 Å². The van der Waals surface area contributed by atoms with Gasteiger partial charge in [-0.15, -0.1) is 0 Å². The monoisotopic (exact) mass is 292 g/mol. The van der Waals surface area contributed by atoms with Gasteiger partial charge in [0.2, 0.25) is 0 Å². The second kappa shape index (κ2) is 6.24. The number of nitrogens with two attached hydrogens (primary N) is 1. The summed E-state index contributed by atoms with van der Waals surface area (Å²) in [7, 11) is 0. The minimum atomic E-state index is -0.455. The van der Waals surface area contributed by atoms with E-state index in [1.165, 1.54) is 0 Å². The van der Waals surface area contributed by atoms with Crippen molar-refractivity contribution in [1.29, 1.82) is 0 Å². The summed E-state index contributed by atoms with van der Waals surface area (Å²) in [5.74, 6) is 0.716. The maximum Gasteiger partial charge on any atom is 0.410 e. The zero-order valence-electron chi connectivity index (χ0n) is 13.0. The number of likely N-dealkylation sites (tertiary alicyclic amines) is 1. The second-order valence-electron chi connectivity index (χ2n) is 6.32. The number of para-hydroxylation sites is 2. The number of amides is 1. The molecule has 0 atom stereocenters. The van der Waals surface area contributed by atoms with Crippen LogP contribution < -0.4 is 10.5 Å². The number of hydrogen-bond donors (Lipinski definition) is 1. The van der Waals surface area contributed by atoms with Crippen LogP contribution in [0.15, 0.2) is 24.3 Å². The van der Waals surface area contributed by atoms with Gasteiger partial charge in [0.15, 0.2) is 0 Å². The van der Waals surface area contributed by atoms with Crippen molar-refractivity contribution < 1.29 is 14.3 Å². The van der Waals surface area contributed by atoms with Crippen LogP contribution in [0.25, 0.3) is 0 Å². The number of rotatable bonds is 2. The van der Waals surface area contributed by atoms with Crippen molar-refractivity contribution in [3.63, 3.8) is 0 Å². The molecule has 0 aromatic heterocycles. The summed E-state index contributed by atoms with van der Waals surface area (Å²) in [5, 5.41) is 0. The number of nitrogens with zero attached hydrogens (tertiary/aromatic N) is 1. The van der Waals surface area contributed by atoms with Crippen LogP contribution in [0.5, 0.6) is 5.75 Å². The summed E-state index contributed by atoms with van der Waals surface area (Å²) in [6.07, 6.45) is 1.41.